The number of rotatable bonds is 3. The van der Waals surface area contributed by atoms with Gasteiger partial charge in [0.05, 0.1) is 0 Å². The minimum atomic E-state index is -0.0201. The highest BCUT2D eigenvalue weighted by Gasteiger charge is 2.28. The Bertz CT molecular complexity index is 502. The molecule has 1 N–H and O–H groups in total. The number of piperidine rings is 2. The minimum Gasteiger partial charge on any atom is -0.448 e. The van der Waals surface area contributed by atoms with E-state index in [0.717, 1.165) is 51.9 Å². The zero-order valence-electron chi connectivity index (χ0n) is 13.5. The first-order valence-electron chi connectivity index (χ1n) is 8.27. The predicted molar refractivity (Wildman–Crippen MR) is 84.0 cm³/mol. The number of nitrogens with zero attached hydrogens (tertiary/aromatic N) is 3. The summed E-state index contributed by atoms with van der Waals surface area (Å²) in [6.45, 7) is 4.03. The van der Waals surface area contributed by atoms with Crippen molar-refractivity contribution in [1.29, 1.82) is 0 Å². The maximum Gasteiger partial charge on any atom is 0.275 e. The fourth-order valence-electron chi connectivity index (χ4n) is 3.36. The van der Waals surface area contributed by atoms with E-state index >= 15 is 0 Å². The molecule has 2 aliphatic rings. The quantitative estimate of drug-likeness (QED) is 0.912. The number of nitrogens with one attached hydrogen (secondary N) is 1. The molecular formula is C16H26N4O2. The van der Waals surface area contributed by atoms with Gasteiger partial charge in [0.25, 0.3) is 5.91 Å². The monoisotopic (exact) mass is 306 g/mol. The number of aromatic nitrogens is 1. The number of hydrogen-bond acceptors (Lipinski definition) is 5. The number of carbonyl (C=O) groups is 1. The number of amides is 1. The average Bonchev–Trinajstić information content (AvgIpc) is 3.05. The van der Waals surface area contributed by atoms with Crippen LogP contribution in [0.4, 0.5) is 0 Å². The first kappa shape index (κ1) is 15.5. The van der Waals surface area contributed by atoms with E-state index in [1.807, 2.05) is 11.9 Å². The van der Waals surface area contributed by atoms with E-state index in [1.54, 1.807) is 0 Å². The van der Waals surface area contributed by atoms with Gasteiger partial charge in [-0.3, -0.25) is 4.79 Å². The third-order valence-corrected chi connectivity index (χ3v) is 4.94. The molecule has 0 radical (unpaired) electrons. The van der Waals surface area contributed by atoms with Crippen LogP contribution < -0.4 is 5.32 Å². The summed E-state index contributed by atoms with van der Waals surface area (Å²) in [7, 11) is 4.01. The lowest BCUT2D eigenvalue weighted by molar-refractivity contribution is 0.0653. The van der Waals surface area contributed by atoms with Crippen LogP contribution in [0, 0.1) is 0 Å². The van der Waals surface area contributed by atoms with Crippen molar-refractivity contribution < 1.29 is 9.21 Å². The van der Waals surface area contributed by atoms with Crippen LogP contribution in [0.25, 0.3) is 0 Å². The molecule has 1 atom stereocenters. The fraction of sp³-hybridized carbons (Fsp3) is 0.750. The third kappa shape index (κ3) is 3.33. The lowest BCUT2D eigenvalue weighted by Gasteiger charge is -2.34. The predicted octanol–water partition coefficient (Wildman–Crippen LogP) is 1.31. The molecule has 1 amide bonds. The summed E-state index contributed by atoms with van der Waals surface area (Å²) in [4.78, 5) is 21.2. The molecule has 3 heterocycles. The van der Waals surface area contributed by atoms with Crippen molar-refractivity contribution in [2.24, 2.45) is 0 Å². The molecule has 122 valence electrons. The van der Waals surface area contributed by atoms with Gasteiger partial charge in [-0.05, 0) is 52.4 Å². The molecule has 0 saturated carbocycles. The molecule has 6 nitrogen and oxygen atoms in total. The topological polar surface area (TPSA) is 61.6 Å². The summed E-state index contributed by atoms with van der Waals surface area (Å²) in [6, 6.07) is 0.306. The molecule has 0 spiro atoms. The molecule has 2 aliphatic heterocycles. The van der Waals surface area contributed by atoms with Crippen LogP contribution in [0.15, 0.2) is 10.7 Å². The fourth-order valence-corrected chi connectivity index (χ4v) is 3.36. The van der Waals surface area contributed by atoms with E-state index in [-0.39, 0.29) is 5.91 Å². The van der Waals surface area contributed by atoms with Crippen LogP contribution in [0.5, 0.6) is 0 Å². The highest BCUT2D eigenvalue weighted by Crippen LogP contribution is 2.23. The van der Waals surface area contributed by atoms with Crippen molar-refractivity contribution in [2.75, 3.05) is 40.3 Å². The number of likely N-dealkylation sites (tertiary alicyclic amines) is 1. The summed E-state index contributed by atoms with van der Waals surface area (Å²) in [5, 5.41) is 3.35. The van der Waals surface area contributed by atoms with Gasteiger partial charge in [0, 0.05) is 25.6 Å². The van der Waals surface area contributed by atoms with Crippen molar-refractivity contribution in [3.63, 3.8) is 0 Å². The number of carbonyl (C=O) groups excluding carboxylic acids is 1. The lowest BCUT2D eigenvalue weighted by Crippen LogP contribution is -2.44. The van der Waals surface area contributed by atoms with Crippen LogP contribution in [0.2, 0.25) is 0 Å². The van der Waals surface area contributed by atoms with E-state index in [0.29, 0.717) is 23.5 Å². The van der Waals surface area contributed by atoms with Crippen molar-refractivity contribution >= 4 is 5.91 Å². The van der Waals surface area contributed by atoms with Gasteiger partial charge in [-0.15, -0.1) is 0 Å². The van der Waals surface area contributed by atoms with Crippen molar-refractivity contribution in [3.05, 3.63) is 17.8 Å². The second-order valence-corrected chi connectivity index (χ2v) is 6.56. The Morgan fingerprint density at radius 3 is 2.86 bits per heavy atom. The highest BCUT2D eigenvalue weighted by atomic mass is 16.3. The lowest BCUT2D eigenvalue weighted by atomic mass is 10.00. The molecule has 6 heteroatoms. The summed E-state index contributed by atoms with van der Waals surface area (Å²) in [5.41, 5.74) is 0.446. The normalized spacial score (nSPS) is 24.4. The van der Waals surface area contributed by atoms with E-state index in [2.05, 4.69) is 22.2 Å². The van der Waals surface area contributed by atoms with Gasteiger partial charge >= 0.3 is 0 Å². The second-order valence-electron chi connectivity index (χ2n) is 6.56. The average molecular weight is 306 g/mol. The minimum absolute atomic E-state index is 0.0201. The molecule has 0 bridgehead atoms. The van der Waals surface area contributed by atoms with E-state index in [1.165, 1.54) is 6.26 Å². The Labute approximate surface area is 131 Å². The van der Waals surface area contributed by atoms with Gasteiger partial charge in [0.2, 0.25) is 0 Å². The molecule has 2 saturated heterocycles. The van der Waals surface area contributed by atoms with E-state index in [4.69, 9.17) is 4.42 Å². The molecule has 1 unspecified atom stereocenters. The van der Waals surface area contributed by atoms with E-state index in [9.17, 15) is 4.79 Å². The van der Waals surface area contributed by atoms with Gasteiger partial charge in [-0.1, -0.05) is 0 Å². The first-order valence-corrected chi connectivity index (χ1v) is 8.27. The highest BCUT2D eigenvalue weighted by molar-refractivity contribution is 5.92. The third-order valence-electron chi connectivity index (χ3n) is 4.94. The van der Waals surface area contributed by atoms with Gasteiger partial charge in [0.1, 0.15) is 6.26 Å². The molecule has 1 aromatic heterocycles. The zero-order chi connectivity index (χ0) is 15.5. The Morgan fingerprint density at radius 1 is 1.41 bits per heavy atom. The van der Waals surface area contributed by atoms with Gasteiger partial charge < -0.3 is 19.5 Å². The Morgan fingerprint density at radius 2 is 2.18 bits per heavy atom. The summed E-state index contributed by atoms with van der Waals surface area (Å²) < 4.78 is 5.57. The molecule has 22 heavy (non-hydrogen) atoms. The Hall–Kier alpha value is -1.40. The summed E-state index contributed by atoms with van der Waals surface area (Å²) >= 11 is 0. The molecule has 2 fully saturated rings. The molecular weight excluding hydrogens is 280 g/mol. The van der Waals surface area contributed by atoms with Gasteiger partial charge in [-0.25, -0.2) is 4.98 Å². The number of oxazole rings is 1. The maximum absolute atomic E-state index is 12.6. The van der Waals surface area contributed by atoms with Crippen LogP contribution in [-0.4, -0.2) is 67.0 Å². The summed E-state index contributed by atoms with van der Waals surface area (Å²) in [6.07, 6.45) is 5.78. The van der Waals surface area contributed by atoms with Crippen LogP contribution in [-0.2, 0) is 0 Å². The Balaban J connectivity index is 1.63. The van der Waals surface area contributed by atoms with Crippen LogP contribution >= 0.6 is 0 Å². The largest absolute Gasteiger partial charge is 0.448 e. The SMILES string of the molecule is CN1CCC(N(C)C(=O)c2coc(C3CCCNC3)n2)CC1. The van der Waals surface area contributed by atoms with Gasteiger partial charge in [0.15, 0.2) is 11.6 Å². The van der Waals surface area contributed by atoms with Crippen LogP contribution in [0.1, 0.15) is 48.0 Å². The second kappa shape index (κ2) is 6.79. The first-order chi connectivity index (χ1) is 10.6. The smallest absolute Gasteiger partial charge is 0.275 e. The maximum atomic E-state index is 12.6. The van der Waals surface area contributed by atoms with Crippen molar-refractivity contribution in [2.45, 2.75) is 37.6 Å². The Kier molecular flexibility index (Phi) is 4.78. The van der Waals surface area contributed by atoms with Crippen molar-refractivity contribution in [3.8, 4) is 0 Å². The molecule has 3 rings (SSSR count). The standard InChI is InChI=1S/C16H26N4O2/c1-19-8-5-13(6-9-19)20(2)16(21)14-11-22-15(18-14)12-4-3-7-17-10-12/h11-13,17H,3-10H2,1-2H3. The number of hydrogen-bond donors (Lipinski definition) is 1. The molecule has 0 aromatic carbocycles. The van der Waals surface area contributed by atoms with E-state index < -0.39 is 0 Å². The van der Waals surface area contributed by atoms with Gasteiger partial charge in [-0.2, -0.15) is 0 Å². The summed E-state index contributed by atoms with van der Waals surface area (Å²) in [5.74, 6) is 0.976. The molecule has 1 aromatic rings. The molecule has 0 aliphatic carbocycles. The van der Waals surface area contributed by atoms with Crippen molar-refractivity contribution in [1.82, 2.24) is 20.1 Å². The van der Waals surface area contributed by atoms with Crippen LogP contribution in [0.3, 0.4) is 0 Å². The zero-order valence-corrected chi connectivity index (χ0v) is 13.5.